The number of amides is 1. The van der Waals surface area contributed by atoms with Crippen LogP contribution in [-0.4, -0.2) is 32.4 Å². The SMILES string of the molecule is CCC(F)(F)C(=O)NC[SH](C)S(=O)(=O)c1ccc(C)cc1. The number of rotatable bonds is 6. The molecule has 4 nitrogen and oxygen atoms in total. The van der Waals surface area contributed by atoms with Gasteiger partial charge in [-0.15, -0.1) is 9.93 Å². The Kier molecular flexibility index (Phi) is 5.75. The third-order valence-electron chi connectivity index (χ3n) is 2.97. The molecule has 21 heavy (non-hydrogen) atoms. The summed E-state index contributed by atoms with van der Waals surface area (Å²) in [6, 6.07) is 6.29. The Labute approximate surface area is 125 Å². The van der Waals surface area contributed by atoms with Crippen molar-refractivity contribution in [2.24, 2.45) is 0 Å². The average Bonchev–Trinajstić information content (AvgIpc) is 2.44. The number of thiol groups is 1. The summed E-state index contributed by atoms with van der Waals surface area (Å²) in [6.07, 6.45) is 0.820. The van der Waals surface area contributed by atoms with Crippen LogP contribution < -0.4 is 5.32 Å². The zero-order valence-corrected chi connectivity index (χ0v) is 13.8. The number of carbonyl (C=O) groups excluding carboxylic acids is 1. The Morgan fingerprint density at radius 1 is 1.29 bits per heavy atom. The maximum absolute atomic E-state index is 13.1. The van der Waals surface area contributed by atoms with Gasteiger partial charge in [0, 0.05) is 6.42 Å². The molecule has 0 radical (unpaired) electrons. The van der Waals surface area contributed by atoms with Crippen LogP contribution in [0.15, 0.2) is 29.2 Å². The molecule has 1 aromatic rings. The molecule has 1 rings (SSSR count). The molecule has 1 N–H and O–H groups in total. The summed E-state index contributed by atoms with van der Waals surface area (Å²) < 4.78 is 50.7. The van der Waals surface area contributed by atoms with Crippen molar-refractivity contribution in [3.63, 3.8) is 0 Å². The van der Waals surface area contributed by atoms with E-state index in [4.69, 9.17) is 0 Å². The second kappa shape index (κ2) is 6.74. The van der Waals surface area contributed by atoms with E-state index >= 15 is 0 Å². The Morgan fingerprint density at radius 2 is 1.81 bits per heavy atom. The molecule has 0 spiro atoms. The first-order valence-corrected chi connectivity index (χ1v) is 10.4. The molecule has 8 heteroatoms. The van der Waals surface area contributed by atoms with Gasteiger partial charge in [0.05, 0.1) is 10.8 Å². The normalized spacial score (nSPS) is 14.6. The van der Waals surface area contributed by atoms with Gasteiger partial charge < -0.3 is 5.32 Å². The van der Waals surface area contributed by atoms with Crippen LogP contribution in [0.4, 0.5) is 8.78 Å². The number of hydrogen-bond donors (Lipinski definition) is 2. The number of benzene rings is 1. The quantitative estimate of drug-likeness (QED) is 0.618. The number of halogens is 2. The molecule has 1 atom stereocenters. The minimum Gasteiger partial charge on any atom is -0.343 e. The second-order valence-corrected chi connectivity index (χ2v) is 10.9. The zero-order valence-electron chi connectivity index (χ0n) is 12.1. The van der Waals surface area contributed by atoms with Crippen LogP contribution in [0.25, 0.3) is 0 Å². The molecule has 0 heterocycles. The van der Waals surface area contributed by atoms with Gasteiger partial charge in [0.15, 0.2) is 0 Å². The maximum atomic E-state index is 13.1. The highest BCUT2D eigenvalue weighted by Gasteiger charge is 2.36. The highest BCUT2D eigenvalue weighted by atomic mass is 33.2. The third kappa shape index (κ3) is 4.41. The number of carbonyl (C=O) groups is 1. The molecule has 0 bridgehead atoms. The van der Waals surface area contributed by atoms with Crippen molar-refractivity contribution < 1.29 is 22.0 Å². The molecule has 1 unspecified atom stereocenters. The molecule has 0 fully saturated rings. The lowest BCUT2D eigenvalue weighted by Crippen LogP contribution is -2.40. The predicted octanol–water partition coefficient (Wildman–Crippen LogP) is 2.43. The number of alkyl halides is 2. The van der Waals surface area contributed by atoms with E-state index in [9.17, 15) is 22.0 Å². The first-order valence-electron chi connectivity index (χ1n) is 6.30. The van der Waals surface area contributed by atoms with Crippen LogP contribution in [0.1, 0.15) is 18.9 Å². The van der Waals surface area contributed by atoms with Crippen LogP contribution in [-0.2, 0) is 13.7 Å². The minimum absolute atomic E-state index is 0.137. The van der Waals surface area contributed by atoms with E-state index in [-0.39, 0.29) is 10.8 Å². The second-order valence-electron chi connectivity index (χ2n) is 4.64. The fraction of sp³-hybridized carbons (Fsp3) is 0.462. The first-order chi connectivity index (χ1) is 9.61. The van der Waals surface area contributed by atoms with Gasteiger partial charge in [0.2, 0.25) is 8.87 Å². The molecule has 1 amide bonds. The lowest BCUT2D eigenvalue weighted by Gasteiger charge is -2.20. The van der Waals surface area contributed by atoms with Crippen molar-refractivity contribution in [1.29, 1.82) is 0 Å². The number of aryl methyl sites for hydroxylation is 1. The van der Waals surface area contributed by atoms with Crippen LogP contribution in [0.2, 0.25) is 0 Å². The highest BCUT2D eigenvalue weighted by molar-refractivity contribution is 8.80. The van der Waals surface area contributed by atoms with Crippen LogP contribution >= 0.6 is 9.93 Å². The fourth-order valence-electron chi connectivity index (χ4n) is 1.45. The van der Waals surface area contributed by atoms with Crippen LogP contribution in [0.3, 0.4) is 0 Å². The maximum Gasteiger partial charge on any atom is 0.324 e. The van der Waals surface area contributed by atoms with E-state index < -0.39 is 37.0 Å². The molecule has 0 aliphatic rings. The number of nitrogens with one attached hydrogen (secondary N) is 1. The molecule has 0 aliphatic heterocycles. The van der Waals surface area contributed by atoms with E-state index in [0.717, 1.165) is 5.56 Å². The molecule has 0 saturated carbocycles. The fourth-order valence-corrected chi connectivity index (χ4v) is 4.97. The molecular weight excluding hydrogens is 320 g/mol. The summed E-state index contributed by atoms with van der Waals surface area (Å²) >= 11 is 0. The topological polar surface area (TPSA) is 63.2 Å². The van der Waals surface area contributed by atoms with E-state index in [1.54, 1.807) is 12.1 Å². The molecule has 0 aliphatic carbocycles. The lowest BCUT2D eigenvalue weighted by atomic mass is 10.2. The Bertz CT molecular complexity index is 600. The van der Waals surface area contributed by atoms with Gasteiger partial charge in [-0.3, -0.25) is 4.79 Å². The molecular formula is C13H19F2NO3S2. The van der Waals surface area contributed by atoms with Crippen molar-refractivity contribution in [1.82, 2.24) is 5.32 Å². The molecule has 0 aromatic heterocycles. The monoisotopic (exact) mass is 339 g/mol. The Balaban J connectivity index is 2.77. The van der Waals surface area contributed by atoms with Gasteiger partial charge in [0.1, 0.15) is 0 Å². The lowest BCUT2D eigenvalue weighted by molar-refractivity contribution is -0.145. The molecule has 0 saturated heterocycles. The van der Waals surface area contributed by atoms with Crippen LogP contribution in [0, 0.1) is 6.92 Å². The summed E-state index contributed by atoms with van der Waals surface area (Å²) in [6.45, 7) is 3.02. The Hall–Kier alpha value is -1.15. The van der Waals surface area contributed by atoms with Gasteiger partial charge in [-0.25, -0.2) is 8.42 Å². The van der Waals surface area contributed by atoms with Crippen molar-refractivity contribution in [3.8, 4) is 0 Å². The van der Waals surface area contributed by atoms with Gasteiger partial charge in [-0.2, -0.15) is 8.78 Å². The van der Waals surface area contributed by atoms with Crippen molar-refractivity contribution >= 4 is 24.7 Å². The van der Waals surface area contributed by atoms with E-state index in [1.807, 2.05) is 12.2 Å². The van der Waals surface area contributed by atoms with Crippen LogP contribution in [0.5, 0.6) is 0 Å². The van der Waals surface area contributed by atoms with Gasteiger partial charge in [0.25, 0.3) is 5.91 Å². The van der Waals surface area contributed by atoms with Gasteiger partial charge >= 0.3 is 5.92 Å². The van der Waals surface area contributed by atoms with Crippen molar-refractivity contribution in [3.05, 3.63) is 29.8 Å². The summed E-state index contributed by atoms with van der Waals surface area (Å²) in [5.74, 6) is -5.19. The smallest absolute Gasteiger partial charge is 0.324 e. The molecule has 1 aromatic carbocycles. The summed E-state index contributed by atoms with van der Waals surface area (Å²) in [5.41, 5.74) is 0.922. The van der Waals surface area contributed by atoms with Crippen molar-refractivity contribution in [2.75, 3.05) is 12.1 Å². The third-order valence-corrected chi connectivity index (χ3v) is 8.74. The molecule has 120 valence electrons. The summed E-state index contributed by atoms with van der Waals surface area (Å²) in [5, 5.41) is 2.02. The van der Waals surface area contributed by atoms with E-state index in [0.29, 0.717) is 0 Å². The summed E-state index contributed by atoms with van der Waals surface area (Å²) in [4.78, 5) is 11.4. The standard InChI is InChI=1S/C13H19F2NO3S2/c1-4-13(14,15)12(17)16-9-20(3)21(18,19)11-7-5-10(2)6-8-11/h5-8,20H,4,9H2,1-3H3,(H,16,17). The zero-order chi connectivity index (χ0) is 16.3. The largest absolute Gasteiger partial charge is 0.343 e. The summed E-state index contributed by atoms with van der Waals surface area (Å²) in [7, 11) is -5.29. The van der Waals surface area contributed by atoms with Gasteiger partial charge in [-0.05, 0) is 25.3 Å². The predicted molar refractivity (Wildman–Crippen MR) is 81.5 cm³/mol. The Morgan fingerprint density at radius 3 is 2.29 bits per heavy atom. The first kappa shape index (κ1) is 17.9. The average molecular weight is 339 g/mol. The highest BCUT2D eigenvalue weighted by Crippen LogP contribution is 2.34. The van der Waals surface area contributed by atoms with Gasteiger partial charge in [-0.1, -0.05) is 24.6 Å². The minimum atomic E-state index is -3.60. The van der Waals surface area contributed by atoms with Crippen molar-refractivity contribution in [2.45, 2.75) is 31.1 Å². The number of hydrogen-bond acceptors (Lipinski definition) is 3. The van der Waals surface area contributed by atoms with E-state index in [2.05, 4.69) is 0 Å². The van der Waals surface area contributed by atoms with E-state index in [1.165, 1.54) is 25.3 Å².